The van der Waals surface area contributed by atoms with Crippen molar-refractivity contribution in [3.8, 4) is 0 Å². The molecule has 0 fully saturated rings. The number of nitrogens with one attached hydrogen (secondary N) is 2. The minimum Gasteiger partial charge on any atom is -0.362 e. The lowest BCUT2D eigenvalue weighted by atomic mass is 9.68. The molecule has 0 saturated carbocycles. The van der Waals surface area contributed by atoms with E-state index in [1.165, 1.54) is 11.3 Å². The molecule has 1 atom stereocenters. The number of pyridine rings is 1. The van der Waals surface area contributed by atoms with E-state index in [1.807, 2.05) is 37.3 Å². The van der Waals surface area contributed by atoms with Crippen LogP contribution >= 0.6 is 27.3 Å². The first-order chi connectivity index (χ1) is 15.7. The van der Waals surface area contributed by atoms with Crippen molar-refractivity contribution in [1.29, 1.82) is 0 Å². The standard InChI is InChI=1S/C25H23BrN4O2S/c1-13-20(23(32)30-24-29-16-7-6-15(26)9-19(16)33-24)21(14-5-4-8-27-12-14)22-17(28-13)10-25(2,3)11-18(22)31/h4-9,12,21,28H,10-11H2,1-3H3,(H,29,30,32). The molecule has 33 heavy (non-hydrogen) atoms. The van der Waals surface area contributed by atoms with Crippen LogP contribution < -0.4 is 10.6 Å². The first-order valence-corrected chi connectivity index (χ1v) is 12.3. The van der Waals surface area contributed by atoms with E-state index in [1.54, 1.807) is 12.4 Å². The number of Topliss-reactive ketones (excluding diaryl/α,β-unsaturated/α-hetero) is 1. The van der Waals surface area contributed by atoms with Crippen molar-refractivity contribution in [2.45, 2.75) is 39.5 Å². The molecule has 1 aliphatic carbocycles. The van der Waals surface area contributed by atoms with Gasteiger partial charge in [-0.2, -0.15) is 0 Å². The number of rotatable bonds is 3. The maximum absolute atomic E-state index is 13.6. The minimum absolute atomic E-state index is 0.0743. The van der Waals surface area contributed by atoms with Gasteiger partial charge in [0.15, 0.2) is 10.9 Å². The van der Waals surface area contributed by atoms with Gasteiger partial charge in [-0.25, -0.2) is 4.98 Å². The van der Waals surface area contributed by atoms with Crippen LogP contribution in [0.1, 0.15) is 45.1 Å². The van der Waals surface area contributed by atoms with E-state index in [9.17, 15) is 9.59 Å². The van der Waals surface area contributed by atoms with Crippen LogP contribution in [0, 0.1) is 5.41 Å². The number of ketones is 1. The molecule has 0 spiro atoms. The molecule has 1 aromatic carbocycles. The summed E-state index contributed by atoms with van der Waals surface area (Å²) in [4.78, 5) is 35.8. The van der Waals surface area contributed by atoms with Crippen LogP contribution in [0.4, 0.5) is 5.13 Å². The smallest absolute Gasteiger partial charge is 0.256 e. The zero-order chi connectivity index (χ0) is 23.3. The van der Waals surface area contributed by atoms with Gasteiger partial charge in [0.2, 0.25) is 0 Å². The fraction of sp³-hybridized carbons (Fsp3) is 0.280. The van der Waals surface area contributed by atoms with E-state index in [2.05, 4.69) is 50.4 Å². The van der Waals surface area contributed by atoms with E-state index in [4.69, 9.17) is 0 Å². The molecule has 3 heterocycles. The second-order valence-corrected chi connectivity index (χ2v) is 11.2. The van der Waals surface area contributed by atoms with Crippen LogP contribution in [0.5, 0.6) is 0 Å². The summed E-state index contributed by atoms with van der Waals surface area (Å²) in [6, 6.07) is 9.58. The molecule has 2 aromatic heterocycles. The number of allylic oxidation sites excluding steroid dienone is 3. The normalized spacial score (nSPS) is 20.0. The molecule has 1 amide bonds. The van der Waals surface area contributed by atoms with Gasteiger partial charge in [0.25, 0.3) is 5.91 Å². The highest BCUT2D eigenvalue weighted by atomic mass is 79.9. The molecule has 6 nitrogen and oxygen atoms in total. The zero-order valence-electron chi connectivity index (χ0n) is 18.5. The van der Waals surface area contributed by atoms with Gasteiger partial charge in [0.05, 0.1) is 10.2 Å². The van der Waals surface area contributed by atoms with Crippen LogP contribution in [0.2, 0.25) is 0 Å². The summed E-state index contributed by atoms with van der Waals surface area (Å²) >= 11 is 4.89. The van der Waals surface area contributed by atoms with Gasteiger partial charge in [-0.1, -0.05) is 47.2 Å². The van der Waals surface area contributed by atoms with E-state index in [0.29, 0.717) is 22.7 Å². The average molecular weight is 523 g/mol. The van der Waals surface area contributed by atoms with E-state index < -0.39 is 5.92 Å². The second kappa shape index (κ2) is 8.18. The number of halogens is 1. The fourth-order valence-electron chi connectivity index (χ4n) is 4.73. The highest BCUT2D eigenvalue weighted by Gasteiger charge is 2.42. The molecule has 0 bridgehead atoms. The average Bonchev–Trinajstić information content (AvgIpc) is 3.13. The summed E-state index contributed by atoms with van der Waals surface area (Å²) < 4.78 is 1.94. The quantitative estimate of drug-likeness (QED) is 0.461. The summed E-state index contributed by atoms with van der Waals surface area (Å²) in [6.07, 6.45) is 4.64. The topological polar surface area (TPSA) is 84.0 Å². The maximum atomic E-state index is 13.6. The highest BCUT2D eigenvalue weighted by molar-refractivity contribution is 9.10. The maximum Gasteiger partial charge on any atom is 0.256 e. The summed E-state index contributed by atoms with van der Waals surface area (Å²) in [5.74, 6) is -0.663. The number of carbonyl (C=O) groups excluding carboxylic acids is 2. The SMILES string of the molecule is CC1=C(C(=O)Nc2nc3ccc(Br)cc3s2)C(c2cccnc2)C2=C(CC(C)(C)CC2=O)N1. The van der Waals surface area contributed by atoms with Crippen LogP contribution in [-0.4, -0.2) is 21.7 Å². The molecule has 0 saturated heterocycles. The number of benzene rings is 1. The molecule has 5 rings (SSSR count). The Morgan fingerprint density at radius 2 is 2.09 bits per heavy atom. The monoisotopic (exact) mass is 522 g/mol. The van der Waals surface area contributed by atoms with Crippen molar-refractivity contribution in [1.82, 2.24) is 15.3 Å². The summed E-state index contributed by atoms with van der Waals surface area (Å²) in [7, 11) is 0. The molecule has 168 valence electrons. The Kier molecular flexibility index (Phi) is 5.45. The highest BCUT2D eigenvalue weighted by Crippen LogP contribution is 2.46. The second-order valence-electron chi connectivity index (χ2n) is 9.30. The summed E-state index contributed by atoms with van der Waals surface area (Å²) in [5, 5.41) is 6.89. The number of carbonyl (C=O) groups is 2. The third-order valence-electron chi connectivity index (χ3n) is 6.07. The third kappa shape index (κ3) is 4.13. The van der Waals surface area contributed by atoms with Gasteiger partial charge >= 0.3 is 0 Å². The number of nitrogens with zero attached hydrogens (tertiary/aromatic N) is 2. The number of dihydropyridines is 1. The van der Waals surface area contributed by atoms with Crippen LogP contribution in [-0.2, 0) is 9.59 Å². The Morgan fingerprint density at radius 1 is 1.27 bits per heavy atom. The van der Waals surface area contributed by atoms with Gasteiger partial charge in [-0.05, 0) is 48.6 Å². The first-order valence-electron chi connectivity index (χ1n) is 10.7. The Morgan fingerprint density at radius 3 is 2.85 bits per heavy atom. The van der Waals surface area contributed by atoms with Crippen molar-refractivity contribution in [2.24, 2.45) is 5.41 Å². The molecule has 2 N–H and O–H groups in total. The zero-order valence-corrected chi connectivity index (χ0v) is 20.9. The van der Waals surface area contributed by atoms with Crippen molar-refractivity contribution in [3.05, 3.63) is 75.3 Å². The minimum atomic E-state index is -0.470. The molecule has 1 unspecified atom stereocenters. The van der Waals surface area contributed by atoms with Crippen molar-refractivity contribution in [2.75, 3.05) is 5.32 Å². The van der Waals surface area contributed by atoms with Crippen molar-refractivity contribution >= 4 is 54.3 Å². The van der Waals surface area contributed by atoms with E-state index in [-0.39, 0.29) is 17.1 Å². The lowest BCUT2D eigenvalue weighted by Gasteiger charge is -2.39. The lowest BCUT2D eigenvalue weighted by Crippen LogP contribution is -2.39. The van der Waals surface area contributed by atoms with E-state index >= 15 is 0 Å². The molecular weight excluding hydrogens is 500 g/mol. The molecule has 3 aromatic rings. The Labute approximate surface area is 204 Å². The van der Waals surface area contributed by atoms with Gasteiger partial charge in [-0.15, -0.1) is 0 Å². The first kappa shape index (κ1) is 22.0. The summed E-state index contributed by atoms with van der Waals surface area (Å²) in [6.45, 7) is 6.09. The van der Waals surface area contributed by atoms with Crippen LogP contribution in [0.25, 0.3) is 10.2 Å². The number of anilines is 1. The van der Waals surface area contributed by atoms with Crippen LogP contribution in [0.15, 0.2) is 69.7 Å². The van der Waals surface area contributed by atoms with Crippen molar-refractivity contribution in [3.63, 3.8) is 0 Å². The van der Waals surface area contributed by atoms with Gasteiger partial charge < -0.3 is 5.32 Å². The number of hydrogen-bond donors (Lipinski definition) is 2. The molecule has 0 radical (unpaired) electrons. The largest absolute Gasteiger partial charge is 0.362 e. The number of thiazole rings is 1. The van der Waals surface area contributed by atoms with Gasteiger partial charge in [-0.3, -0.25) is 19.9 Å². The van der Waals surface area contributed by atoms with Gasteiger partial charge in [0.1, 0.15) is 0 Å². The Bertz CT molecular complexity index is 1360. The molecule has 8 heteroatoms. The molecular formula is C25H23BrN4O2S. The van der Waals surface area contributed by atoms with Crippen molar-refractivity contribution < 1.29 is 9.59 Å². The van der Waals surface area contributed by atoms with Crippen LogP contribution in [0.3, 0.4) is 0 Å². The predicted octanol–water partition coefficient (Wildman–Crippen LogP) is 5.70. The summed E-state index contributed by atoms with van der Waals surface area (Å²) in [5.41, 5.74) is 4.37. The Hall–Kier alpha value is -2.84. The number of fused-ring (bicyclic) bond motifs is 1. The fourth-order valence-corrected chi connectivity index (χ4v) is 6.15. The predicted molar refractivity (Wildman–Crippen MR) is 134 cm³/mol. The number of hydrogen-bond acceptors (Lipinski definition) is 6. The lowest BCUT2D eigenvalue weighted by molar-refractivity contribution is -0.118. The van der Waals surface area contributed by atoms with Gasteiger partial charge in [0, 0.05) is 51.7 Å². The van der Waals surface area contributed by atoms with E-state index in [0.717, 1.165) is 38.1 Å². The molecule has 2 aliphatic rings. The number of aromatic nitrogens is 2. The molecule has 1 aliphatic heterocycles. The third-order valence-corrected chi connectivity index (χ3v) is 7.50. The number of amides is 1. The Balaban J connectivity index is 1.56.